The van der Waals surface area contributed by atoms with E-state index in [-0.39, 0.29) is 11.9 Å². The Labute approximate surface area is 138 Å². The third-order valence-corrected chi connectivity index (χ3v) is 3.12. The van der Waals surface area contributed by atoms with Gasteiger partial charge in [-0.3, -0.25) is 15.3 Å². The van der Waals surface area contributed by atoms with E-state index >= 15 is 0 Å². The third-order valence-electron chi connectivity index (χ3n) is 3.12. The molecule has 0 unspecified atom stereocenters. The minimum Gasteiger partial charge on any atom is -0.494 e. The number of nitrogens with two attached hydrogens (primary N) is 2. The van der Waals surface area contributed by atoms with Crippen molar-refractivity contribution < 1.29 is 4.74 Å². The van der Waals surface area contributed by atoms with Crippen molar-refractivity contribution in [3.63, 3.8) is 0 Å². The number of ether oxygens (including phenoxy) is 1. The van der Waals surface area contributed by atoms with Gasteiger partial charge in [-0.15, -0.1) is 0 Å². The smallest absolute Gasteiger partial charge is 0.195 e. The van der Waals surface area contributed by atoms with Crippen molar-refractivity contribution in [3.8, 4) is 5.75 Å². The van der Waals surface area contributed by atoms with Crippen LogP contribution in [0.4, 0.5) is 0 Å². The van der Waals surface area contributed by atoms with Gasteiger partial charge < -0.3 is 21.1 Å². The maximum Gasteiger partial charge on any atom is 0.195 e. The summed E-state index contributed by atoms with van der Waals surface area (Å²) in [5.41, 5.74) is 12.4. The lowest BCUT2D eigenvalue weighted by Crippen LogP contribution is -2.41. The maximum absolute atomic E-state index is 5.70. The van der Waals surface area contributed by atoms with Gasteiger partial charge in [0.2, 0.25) is 0 Å². The van der Waals surface area contributed by atoms with Gasteiger partial charge in [0.1, 0.15) is 5.75 Å². The molecule has 0 aliphatic rings. The van der Waals surface area contributed by atoms with E-state index in [2.05, 4.69) is 34.3 Å². The monoisotopic (exact) mass is 320 g/mol. The molecule has 1 aromatic rings. The van der Waals surface area contributed by atoms with Crippen LogP contribution in [-0.2, 0) is 6.42 Å². The third kappa shape index (κ3) is 8.67. The predicted octanol–water partition coefficient (Wildman–Crippen LogP) is 0.408. The maximum atomic E-state index is 5.70. The highest BCUT2D eigenvalue weighted by Crippen LogP contribution is 2.13. The van der Waals surface area contributed by atoms with Gasteiger partial charge in [-0.05, 0) is 44.6 Å². The van der Waals surface area contributed by atoms with Crippen LogP contribution in [0.3, 0.4) is 0 Å². The number of benzene rings is 1. The van der Waals surface area contributed by atoms with Crippen molar-refractivity contribution in [2.24, 2.45) is 21.5 Å². The van der Waals surface area contributed by atoms with Crippen molar-refractivity contribution >= 4 is 11.9 Å². The van der Waals surface area contributed by atoms with E-state index in [9.17, 15) is 0 Å². The summed E-state index contributed by atoms with van der Waals surface area (Å²) in [5.74, 6) is 1.42. The fourth-order valence-corrected chi connectivity index (χ4v) is 1.86. The molecule has 5 N–H and O–H groups in total. The molecular formula is C16H28N6O. The van der Waals surface area contributed by atoms with Crippen LogP contribution < -0.4 is 21.5 Å². The van der Waals surface area contributed by atoms with E-state index in [4.69, 9.17) is 16.2 Å². The van der Waals surface area contributed by atoms with Crippen LogP contribution in [0.2, 0.25) is 0 Å². The summed E-state index contributed by atoms with van der Waals surface area (Å²) >= 11 is 0. The fraction of sp³-hybridized carbons (Fsp3) is 0.500. The molecular weight excluding hydrogens is 292 g/mol. The highest BCUT2D eigenvalue weighted by molar-refractivity contribution is 5.96. The summed E-state index contributed by atoms with van der Waals surface area (Å²) in [6, 6.07) is 8.06. The molecule has 0 spiro atoms. The van der Waals surface area contributed by atoms with Gasteiger partial charge in [0, 0.05) is 20.1 Å². The zero-order chi connectivity index (χ0) is 17.1. The van der Waals surface area contributed by atoms with Crippen LogP contribution in [0, 0.1) is 0 Å². The molecule has 0 amide bonds. The highest BCUT2D eigenvalue weighted by atomic mass is 16.5. The second-order valence-electron chi connectivity index (χ2n) is 5.40. The first-order chi connectivity index (χ1) is 11.0. The Balaban J connectivity index is 2.32. The van der Waals surface area contributed by atoms with Gasteiger partial charge in [-0.1, -0.05) is 12.1 Å². The Bertz CT molecular complexity index is 510. The van der Waals surface area contributed by atoms with E-state index in [1.165, 1.54) is 5.56 Å². The number of hydrogen-bond donors (Lipinski definition) is 3. The van der Waals surface area contributed by atoms with E-state index in [0.29, 0.717) is 6.54 Å². The lowest BCUT2D eigenvalue weighted by atomic mass is 10.1. The van der Waals surface area contributed by atoms with E-state index < -0.39 is 0 Å². The summed E-state index contributed by atoms with van der Waals surface area (Å²) in [6.45, 7) is 2.34. The molecule has 0 aliphatic carbocycles. The molecule has 0 heterocycles. The fourth-order valence-electron chi connectivity index (χ4n) is 1.86. The summed E-state index contributed by atoms with van der Waals surface area (Å²) in [6.07, 6.45) is 1.81. The quantitative estimate of drug-likeness (QED) is 0.366. The molecule has 0 saturated carbocycles. The highest BCUT2D eigenvalue weighted by Gasteiger charge is 1.98. The van der Waals surface area contributed by atoms with Gasteiger partial charge in [-0.25, -0.2) is 0 Å². The Hall–Kier alpha value is -2.28. The molecule has 128 valence electrons. The van der Waals surface area contributed by atoms with Crippen molar-refractivity contribution in [3.05, 3.63) is 29.8 Å². The van der Waals surface area contributed by atoms with E-state index in [1.807, 2.05) is 24.3 Å². The van der Waals surface area contributed by atoms with Gasteiger partial charge in [-0.2, -0.15) is 0 Å². The normalized spacial score (nSPS) is 12.5. The van der Waals surface area contributed by atoms with Crippen molar-refractivity contribution in [1.29, 1.82) is 0 Å². The molecule has 7 nitrogen and oxygen atoms in total. The van der Waals surface area contributed by atoms with E-state index in [1.54, 1.807) is 7.05 Å². The first kappa shape index (κ1) is 18.8. The van der Waals surface area contributed by atoms with Crippen molar-refractivity contribution in [2.45, 2.75) is 12.8 Å². The Morgan fingerprint density at radius 3 is 2.48 bits per heavy atom. The second kappa shape index (κ2) is 10.4. The van der Waals surface area contributed by atoms with Crippen LogP contribution in [0.5, 0.6) is 5.75 Å². The molecule has 0 aliphatic heterocycles. The van der Waals surface area contributed by atoms with Gasteiger partial charge in [0.05, 0.1) is 6.61 Å². The number of nitrogens with one attached hydrogen (secondary N) is 1. The minimum absolute atomic E-state index is 0.252. The number of nitrogens with zero attached hydrogens (tertiary/aromatic N) is 3. The first-order valence-corrected chi connectivity index (χ1v) is 7.67. The Morgan fingerprint density at radius 1 is 1.17 bits per heavy atom. The molecule has 0 atom stereocenters. The average molecular weight is 320 g/mol. The Morgan fingerprint density at radius 2 is 1.87 bits per heavy atom. The predicted molar refractivity (Wildman–Crippen MR) is 96.0 cm³/mol. The van der Waals surface area contributed by atoms with Crippen LogP contribution >= 0.6 is 0 Å². The lowest BCUT2D eigenvalue weighted by Gasteiger charge is -2.10. The molecule has 0 aromatic heterocycles. The zero-order valence-electron chi connectivity index (χ0n) is 14.2. The average Bonchev–Trinajstić information content (AvgIpc) is 2.52. The van der Waals surface area contributed by atoms with Crippen LogP contribution in [-0.4, -0.2) is 57.7 Å². The minimum atomic E-state index is 0.252. The number of hydrogen-bond acceptors (Lipinski definition) is 4. The van der Waals surface area contributed by atoms with Crippen molar-refractivity contribution in [1.82, 2.24) is 10.2 Å². The SMILES string of the molecule is CN=C(N)NC(N)=NCCc1ccc(OCCCN(C)C)cc1. The number of guanidine groups is 2. The lowest BCUT2D eigenvalue weighted by molar-refractivity contribution is 0.281. The molecule has 0 radical (unpaired) electrons. The number of rotatable bonds is 8. The standard InChI is InChI=1S/C16H28N6O/c1-19-15(17)21-16(18)20-10-9-13-5-7-14(8-6-13)23-12-4-11-22(2)3/h5-8H,4,9-12H2,1-3H3,(H5,17,18,19,20,21). The summed E-state index contributed by atoms with van der Waals surface area (Å²) < 4.78 is 5.70. The molecule has 1 rings (SSSR count). The van der Waals surface area contributed by atoms with Gasteiger partial charge >= 0.3 is 0 Å². The van der Waals surface area contributed by atoms with Gasteiger partial charge in [0.25, 0.3) is 0 Å². The molecule has 0 saturated heterocycles. The topological polar surface area (TPSA) is 101 Å². The molecule has 7 heteroatoms. The summed E-state index contributed by atoms with van der Waals surface area (Å²) in [4.78, 5) is 10.1. The van der Waals surface area contributed by atoms with Gasteiger partial charge in [0.15, 0.2) is 11.9 Å². The molecule has 0 bridgehead atoms. The van der Waals surface area contributed by atoms with Crippen molar-refractivity contribution in [2.75, 3.05) is 40.8 Å². The largest absolute Gasteiger partial charge is 0.494 e. The second-order valence-corrected chi connectivity index (χ2v) is 5.40. The first-order valence-electron chi connectivity index (χ1n) is 7.67. The van der Waals surface area contributed by atoms with Crippen LogP contribution in [0.25, 0.3) is 0 Å². The van der Waals surface area contributed by atoms with E-state index in [0.717, 1.165) is 31.7 Å². The molecule has 23 heavy (non-hydrogen) atoms. The zero-order valence-corrected chi connectivity index (χ0v) is 14.2. The molecule has 0 fully saturated rings. The molecule has 1 aromatic carbocycles. The number of aliphatic imine (C=N–C) groups is 2. The van der Waals surface area contributed by atoms with Crippen LogP contribution in [0.1, 0.15) is 12.0 Å². The van der Waals surface area contributed by atoms with Crippen LogP contribution in [0.15, 0.2) is 34.3 Å². The Kier molecular flexibility index (Phi) is 8.52. The summed E-state index contributed by atoms with van der Waals surface area (Å²) in [7, 11) is 5.70. The summed E-state index contributed by atoms with van der Waals surface area (Å²) in [5, 5.41) is 2.69.